The number of carbonyl (C=O) groups excluding carboxylic acids is 1. The van der Waals surface area contributed by atoms with Gasteiger partial charge in [0.2, 0.25) is 5.91 Å². The largest absolute Gasteiger partial charge is 0.398 e. The fourth-order valence-corrected chi connectivity index (χ4v) is 1.68. The number of carbonyl (C=O) groups is 1. The van der Waals surface area contributed by atoms with Crippen LogP contribution in [-0.2, 0) is 11.3 Å². The quantitative estimate of drug-likeness (QED) is 0.729. The number of anilines is 1. The summed E-state index contributed by atoms with van der Waals surface area (Å²) in [6.07, 6.45) is 1.44. The van der Waals surface area contributed by atoms with E-state index in [1.807, 2.05) is 31.3 Å². The summed E-state index contributed by atoms with van der Waals surface area (Å²) in [6, 6.07) is 7.87. The highest BCUT2D eigenvalue weighted by molar-refractivity contribution is 5.75. The molecule has 0 bridgehead atoms. The third-order valence-corrected chi connectivity index (χ3v) is 2.72. The standard InChI is InChI=1S/C13H21N3O/c1-15-13(17)8-5-9-16(2)10-11-6-3-4-7-12(11)14/h3-4,6-7H,5,8-10,14H2,1-2H3,(H,15,17). The summed E-state index contributed by atoms with van der Waals surface area (Å²) in [5.41, 5.74) is 7.84. The molecule has 0 saturated heterocycles. The number of benzene rings is 1. The molecule has 0 atom stereocenters. The van der Waals surface area contributed by atoms with E-state index in [0.717, 1.165) is 30.8 Å². The molecule has 4 heteroatoms. The number of hydrogen-bond acceptors (Lipinski definition) is 3. The first kappa shape index (κ1) is 13.5. The summed E-state index contributed by atoms with van der Waals surface area (Å²) in [6.45, 7) is 1.71. The lowest BCUT2D eigenvalue weighted by Gasteiger charge is -2.17. The second-order valence-corrected chi connectivity index (χ2v) is 4.21. The van der Waals surface area contributed by atoms with Crippen LogP contribution in [0.5, 0.6) is 0 Å². The van der Waals surface area contributed by atoms with Gasteiger partial charge in [-0.15, -0.1) is 0 Å². The van der Waals surface area contributed by atoms with Gasteiger partial charge in [0.25, 0.3) is 0 Å². The highest BCUT2D eigenvalue weighted by atomic mass is 16.1. The number of hydrogen-bond donors (Lipinski definition) is 2. The molecule has 0 fully saturated rings. The van der Waals surface area contributed by atoms with Gasteiger partial charge >= 0.3 is 0 Å². The Labute approximate surface area is 103 Å². The van der Waals surface area contributed by atoms with Crippen LogP contribution in [0.3, 0.4) is 0 Å². The van der Waals surface area contributed by atoms with Gasteiger partial charge in [-0.25, -0.2) is 0 Å². The molecule has 0 aliphatic carbocycles. The number of nitrogens with zero attached hydrogens (tertiary/aromatic N) is 1. The molecule has 0 aliphatic heterocycles. The molecule has 4 nitrogen and oxygen atoms in total. The minimum atomic E-state index is 0.0950. The number of amides is 1. The molecule has 1 amide bonds. The van der Waals surface area contributed by atoms with Crippen LogP contribution in [0, 0.1) is 0 Å². The molecule has 0 aromatic heterocycles. The van der Waals surface area contributed by atoms with Crippen molar-refractivity contribution in [3.8, 4) is 0 Å². The molecular weight excluding hydrogens is 214 g/mol. The highest BCUT2D eigenvalue weighted by Crippen LogP contribution is 2.12. The molecule has 0 heterocycles. The van der Waals surface area contributed by atoms with E-state index in [0.29, 0.717) is 6.42 Å². The van der Waals surface area contributed by atoms with Gasteiger partial charge in [-0.05, 0) is 31.6 Å². The van der Waals surface area contributed by atoms with Crippen LogP contribution in [0.25, 0.3) is 0 Å². The minimum absolute atomic E-state index is 0.0950. The smallest absolute Gasteiger partial charge is 0.219 e. The molecule has 94 valence electrons. The van der Waals surface area contributed by atoms with Crippen LogP contribution in [0.4, 0.5) is 5.69 Å². The average molecular weight is 235 g/mol. The van der Waals surface area contributed by atoms with Crippen molar-refractivity contribution >= 4 is 11.6 Å². The van der Waals surface area contributed by atoms with E-state index in [-0.39, 0.29) is 5.91 Å². The predicted molar refractivity (Wildman–Crippen MR) is 70.5 cm³/mol. The van der Waals surface area contributed by atoms with E-state index < -0.39 is 0 Å². The van der Waals surface area contributed by atoms with Crippen LogP contribution in [0.15, 0.2) is 24.3 Å². The first-order chi connectivity index (χ1) is 8.13. The van der Waals surface area contributed by atoms with Crippen LogP contribution in [0.2, 0.25) is 0 Å². The van der Waals surface area contributed by atoms with Gasteiger partial charge < -0.3 is 16.0 Å². The van der Waals surface area contributed by atoms with Crippen molar-refractivity contribution in [2.24, 2.45) is 0 Å². The zero-order valence-corrected chi connectivity index (χ0v) is 10.6. The Balaban J connectivity index is 2.32. The fourth-order valence-electron chi connectivity index (χ4n) is 1.68. The fraction of sp³-hybridized carbons (Fsp3) is 0.462. The Morgan fingerprint density at radius 2 is 2.12 bits per heavy atom. The van der Waals surface area contributed by atoms with Crippen LogP contribution in [0.1, 0.15) is 18.4 Å². The Morgan fingerprint density at radius 1 is 1.41 bits per heavy atom. The number of nitrogen functional groups attached to an aromatic ring is 1. The lowest BCUT2D eigenvalue weighted by Crippen LogP contribution is -2.23. The van der Waals surface area contributed by atoms with E-state index in [9.17, 15) is 4.79 Å². The molecule has 1 aromatic carbocycles. The third-order valence-electron chi connectivity index (χ3n) is 2.72. The molecule has 1 aromatic rings. The maximum absolute atomic E-state index is 11.1. The van der Waals surface area contributed by atoms with E-state index >= 15 is 0 Å². The van der Waals surface area contributed by atoms with Gasteiger partial charge in [0, 0.05) is 25.7 Å². The monoisotopic (exact) mass is 235 g/mol. The van der Waals surface area contributed by atoms with Gasteiger partial charge in [0.05, 0.1) is 0 Å². The zero-order valence-electron chi connectivity index (χ0n) is 10.6. The van der Waals surface area contributed by atoms with Crippen LogP contribution < -0.4 is 11.1 Å². The SMILES string of the molecule is CNC(=O)CCCN(C)Cc1ccccc1N. The summed E-state index contributed by atoms with van der Waals surface area (Å²) >= 11 is 0. The Hall–Kier alpha value is -1.55. The molecule has 1 rings (SSSR count). The zero-order chi connectivity index (χ0) is 12.7. The van der Waals surface area contributed by atoms with Gasteiger partial charge in [-0.1, -0.05) is 18.2 Å². The van der Waals surface area contributed by atoms with Crippen molar-refractivity contribution in [1.29, 1.82) is 0 Å². The van der Waals surface area contributed by atoms with Crippen molar-refractivity contribution in [2.75, 3.05) is 26.4 Å². The number of rotatable bonds is 6. The predicted octanol–water partition coefficient (Wildman–Crippen LogP) is 1.23. The van der Waals surface area contributed by atoms with E-state index in [1.54, 1.807) is 7.05 Å². The summed E-state index contributed by atoms with van der Waals surface area (Å²) in [4.78, 5) is 13.2. The van der Waals surface area contributed by atoms with Crippen LogP contribution >= 0.6 is 0 Å². The Bertz CT molecular complexity index is 365. The van der Waals surface area contributed by atoms with Crippen molar-refractivity contribution in [2.45, 2.75) is 19.4 Å². The molecule has 17 heavy (non-hydrogen) atoms. The summed E-state index contributed by atoms with van der Waals surface area (Å²) in [5.74, 6) is 0.0950. The van der Waals surface area contributed by atoms with Crippen molar-refractivity contribution in [3.05, 3.63) is 29.8 Å². The molecular formula is C13H21N3O. The van der Waals surface area contributed by atoms with E-state index in [1.165, 1.54) is 0 Å². The lowest BCUT2D eigenvalue weighted by molar-refractivity contribution is -0.120. The van der Waals surface area contributed by atoms with Crippen molar-refractivity contribution in [1.82, 2.24) is 10.2 Å². The first-order valence-corrected chi connectivity index (χ1v) is 5.86. The highest BCUT2D eigenvalue weighted by Gasteiger charge is 2.04. The second-order valence-electron chi connectivity index (χ2n) is 4.21. The summed E-state index contributed by atoms with van der Waals surface area (Å²) in [5, 5.41) is 2.62. The summed E-state index contributed by atoms with van der Waals surface area (Å²) in [7, 11) is 3.70. The molecule has 0 saturated carbocycles. The lowest BCUT2D eigenvalue weighted by atomic mass is 10.1. The maximum Gasteiger partial charge on any atom is 0.219 e. The topological polar surface area (TPSA) is 58.4 Å². The minimum Gasteiger partial charge on any atom is -0.398 e. The molecule has 0 unspecified atom stereocenters. The van der Waals surface area contributed by atoms with Gasteiger partial charge in [0.1, 0.15) is 0 Å². The van der Waals surface area contributed by atoms with Gasteiger partial charge in [-0.3, -0.25) is 4.79 Å². The Kier molecular flexibility index (Phi) is 5.49. The normalized spacial score (nSPS) is 10.5. The molecule has 0 spiro atoms. The van der Waals surface area contributed by atoms with E-state index in [4.69, 9.17) is 5.73 Å². The average Bonchev–Trinajstić information content (AvgIpc) is 2.32. The third kappa shape index (κ3) is 4.87. The molecule has 3 N–H and O–H groups in total. The second kappa shape index (κ2) is 6.91. The number of nitrogens with one attached hydrogen (secondary N) is 1. The van der Waals surface area contributed by atoms with Gasteiger partial charge in [0.15, 0.2) is 0 Å². The van der Waals surface area contributed by atoms with Crippen molar-refractivity contribution < 1.29 is 4.79 Å². The van der Waals surface area contributed by atoms with Crippen LogP contribution in [-0.4, -0.2) is 31.4 Å². The Morgan fingerprint density at radius 3 is 2.76 bits per heavy atom. The van der Waals surface area contributed by atoms with Crippen molar-refractivity contribution in [3.63, 3.8) is 0 Å². The summed E-state index contributed by atoms with van der Waals surface area (Å²) < 4.78 is 0. The first-order valence-electron chi connectivity index (χ1n) is 5.86. The maximum atomic E-state index is 11.1. The van der Waals surface area contributed by atoms with Gasteiger partial charge in [-0.2, -0.15) is 0 Å². The molecule has 0 radical (unpaired) electrons. The molecule has 0 aliphatic rings. The number of nitrogens with two attached hydrogens (primary N) is 1. The number of para-hydroxylation sites is 1. The van der Waals surface area contributed by atoms with E-state index in [2.05, 4.69) is 10.2 Å².